The minimum absolute atomic E-state index is 0.526. The fourth-order valence-corrected chi connectivity index (χ4v) is 1.08. The second kappa shape index (κ2) is 6.86. The quantitative estimate of drug-likeness (QED) is 0.223. The highest BCUT2D eigenvalue weighted by Gasteiger charge is 2.42. The zero-order chi connectivity index (χ0) is 13.8. The summed E-state index contributed by atoms with van der Waals surface area (Å²) in [5.41, 5.74) is 0. The van der Waals surface area contributed by atoms with Crippen molar-refractivity contribution in [1.82, 2.24) is 0 Å². The molecule has 8 N–H and O–H groups in total. The van der Waals surface area contributed by atoms with E-state index in [1.165, 1.54) is 0 Å². The summed E-state index contributed by atoms with van der Waals surface area (Å²) in [4.78, 5) is 23.2. The van der Waals surface area contributed by atoms with Crippen molar-refractivity contribution in [2.24, 2.45) is 0 Å². The third kappa shape index (κ3) is 6.53. The second-order valence-corrected chi connectivity index (χ2v) is 5.32. The van der Waals surface area contributed by atoms with Gasteiger partial charge in [-0.1, -0.05) is 0 Å². The van der Waals surface area contributed by atoms with E-state index >= 15 is 0 Å². The number of hydrogen-bond acceptors (Lipinski definition) is 9. The Morgan fingerprint density at radius 1 is 0.941 bits per heavy atom. The fraction of sp³-hybridized carbons (Fsp3) is 1.00. The Morgan fingerprint density at radius 3 is 1.71 bits per heavy atom. The van der Waals surface area contributed by atoms with E-state index in [1.807, 2.05) is 0 Å². The van der Waals surface area contributed by atoms with Gasteiger partial charge in [0.1, 0.15) is 31.1 Å². The van der Waals surface area contributed by atoms with Crippen LogP contribution in [0.2, 0.25) is 0 Å². The zero-order valence-electron chi connectivity index (χ0n) is 9.03. The normalized spacial score (nSPS) is 38.3. The predicted octanol–water partition coefficient (Wildman–Crippen LogP) is -3.87. The molecule has 0 aliphatic carbocycles. The van der Waals surface area contributed by atoms with Crippen LogP contribution in [0.1, 0.15) is 0 Å². The molecule has 5 unspecified atom stereocenters. The van der Waals surface area contributed by atoms with Crippen molar-refractivity contribution < 1.29 is 44.9 Å². The van der Waals surface area contributed by atoms with Gasteiger partial charge in [0.05, 0.1) is 6.61 Å². The first-order valence-electron chi connectivity index (χ1n) is 4.61. The Labute approximate surface area is 97.7 Å². The van der Waals surface area contributed by atoms with Gasteiger partial charge in [0.2, 0.25) is 0 Å². The summed E-state index contributed by atoms with van der Waals surface area (Å²) in [5, 5.41) is 44.7. The Kier molecular flexibility index (Phi) is 6.89. The molecule has 0 aromatic carbocycles. The van der Waals surface area contributed by atoms with E-state index in [4.69, 9.17) is 40.2 Å². The highest BCUT2D eigenvalue weighted by molar-refractivity contribution is 7.57. The molecule has 1 aliphatic heterocycles. The smallest absolute Gasteiger partial charge is 0.394 e. The van der Waals surface area contributed by atoms with Gasteiger partial charge in [-0.15, -0.1) is 0 Å². The van der Waals surface area contributed by atoms with Gasteiger partial charge in [-0.25, -0.2) is 0 Å². The molecule has 0 aromatic rings. The number of aliphatic hydroxyl groups is 5. The lowest BCUT2D eigenvalue weighted by Crippen LogP contribution is -2.58. The van der Waals surface area contributed by atoms with Crippen molar-refractivity contribution in [3.05, 3.63) is 0 Å². The lowest BCUT2D eigenvalue weighted by molar-refractivity contribution is -0.286. The highest BCUT2D eigenvalue weighted by atomic mass is 31.2. The molecule has 10 heteroatoms. The van der Waals surface area contributed by atoms with E-state index in [1.54, 1.807) is 0 Å². The number of ether oxygens (including phenoxy) is 1. The largest absolute Gasteiger partial charge is 0.400 e. The molecule has 1 saturated heterocycles. The minimum atomic E-state index is -3.39. The van der Waals surface area contributed by atoms with Crippen LogP contribution >= 0.6 is 7.94 Å². The van der Waals surface area contributed by atoms with Crippen LogP contribution in [0.4, 0.5) is 0 Å². The molecule has 1 rings (SSSR count). The van der Waals surface area contributed by atoms with Crippen LogP contribution in [-0.2, 0) is 4.74 Å². The number of hydrogen-bond donors (Lipinski definition) is 8. The topological polar surface area (TPSA) is 171 Å². The third-order valence-corrected chi connectivity index (χ3v) is 1.87. The van der Waals surface area contributed by atoms with Crippen molar-refractivity contribution in [1.29, 1.82) is 0 Å². The average molecular weight is 277 g/mol. The molecule has 0 saturated carbocycles. The van der Waals surface area contributed by atoms with Crippen LogP contribution < -0.4 is 0 Å². The lowest BCUT2D eigenvalue weighted by atomic mass is 10.00. The maximum atomic E-state index is 9.12. The molecule has 0 radical (unpaired) electrons. The number of rotatable bonds is 1. The minimum Gasteiger partial charge on any atom is -0.394 e. The Morgan fingerprint density at radius 2 is 1.35 bits per heavy atom. The standard InChI is InChI=1S/C6H12O6.CH6O3P/c7-1-2-3(8)4(9)5(10)6(11)12-2;1-5(2,3)4/h2-11H,1H2;2-4H,1H3/q;+1. The molecule has 17 heavy (non-hydrogen) atoms. The van der Waals surface area contributed by atoms with E-state index in [2.05, 4.69) is 4.74 Å². The van der Waals surface area contributed by atoms with Gasteiger partial charge in [0.25, 0.3) is 0 Å². The molecule has 0 spiro atoms. The fourth-order valence-electron chi connectivity index (χ4n) is 1.08. The summed E-state index contributed by atoms with van der Waals surface area (Å²) >= 11 is 0. The van der Waals surface area contributed by atoms with Crippen molar-refractivity contribution in [2.75, 3.05) is 13.3 Å². The predicted molar refractivity (Wildman–Crippen MR) is 55.5 cm³/mol. The molecule has 1 aliphatic rings. The molecule has 0 bridgehead atoms. The van der Waals surface area contributed by atoms with E-state index in [0.29, 0.717) is 0 Å². The first kappa shape index (κ1) is 17.1. The Balaban J connectivity index is 0.000000437. The monoisotopic (exact) mass is 277 g/mol. The van der Waals surface area contributed by atoms with E-state index in [9.17, 15) is 0 Å². The van der Waals surface area contributed by atoms with Crippen molar-refractivity contribution in [2.45, 2.75) is 30.7 Å². The van der Waals surface area contributed by atoms with Gasteiger partial charge in [-0.05, 0) is 0 Å². The van der Waals surface area contributed by atoms with Gasteiger partial charge in [0, 0.05) is 0 Å². The SMILES string of the molecule is C[P+](O)(O)O.OCC1OC(O)C(O)C(O)C1O. The summed E-state index contributed by atoms with van der Waals surface area (Å²) in [6, 6.07) is 0. The molecule has 0 aromatic heterocycles. The van der Waals surface area contributed by atoms with Gasteiger partial charge in [-0.2, -0.15) is 14.7 Å². The molecule has 9 nitrogen and oxygen atoms in total. The van der Waals surface area contributed by atoms with Gasteiger partial charge in [-0.3, -0.25) is 0 Å². The number of aliphatic hydroxyl groups excluding tert-OH is 5. The maximum Gasteiger partial charge on any atom is 0.400 e. The molecule has 5 atom stereocenters. The average Bonchev–Trinajstić information content (AvgIpc) is 2.18. The molecular formula is C7H18O9P+. The summed E-state index contributed by atoms with van der Waals surface area (Å²) < 4.78 is 4.58. The van der Waals surface area contributed by atoms with Gasteiger partial charge in [0.15, 0.2) is 6.29 Å². The molecule has 1 heterocycles. The maximum absolute atomic E-state index is 9.12. The van der Waals surface area contributed by atoms with Crippen LogP contribution in [0.5, 0.6) is 0 Å². The van der Waals surface area contributed by atoms with Gasteiger partial charge >= 0.3 is 7.94 Å². The van der Waals surface area contributed by atoms with Crippen LogP contribution in [0.15, 0.2) is 0 Å². The molecule has 1 fully saturated rings. The Bertz CT molecular complexity index is 209. The lowest BCUT2D eigenvalue weighted by Gasteiger charge is -2.37. The molecule has 0 amide bonds. The first-order valence-corrected chi connectivity index (χ1v) is 6.70. The summed E-state index contributed by atoms with van der Waals surface area (Å²) in [5.74, 6) is 0. The van der Waals surface area contributed by atoms with Crippen LogP contribution in [0.3, 0.4) is 0 Å². The van der Waals surface area contributed by atoms with E-state index < -0.39 is 45.3 Å². The van der Waals surface area contributed by atoms with E-state index in [0.717, 1.165) is 6.66 Å². The highest BCUT2D eigenvalue weighted by Crippen LogP contribution is 2.38. The van der Waals surface area contributed by atoms with Crippen LogP contribution in [0, 0.1) is 0 Å². The van der Waals surface area contributed by atoms with Crippen molar-refractivity contribution >= 4 is 7.94 Å². The second-order valence-electron chi connectivity index (χ2n) is 3.59. The van der Waals surface area contributed by atoms with Crippen LogP contribution in [-0.4, -0.2) is 84.2 Å². The summed E-state index contributed by atoms with van der Waals surface area (Å²) in [6.07, 6.45) is -7.04. The first-order chi connectivity index (χ1) is 7.57. The summed E-state index contributed by atoms with van der Waals surface area (Å²) in [7, 11) is -3.39. The Hall–Kier alpha value is 0.0700. The van der Waals surface area contributed by atoms with Crippen LogP contribution in [0.25, 0.3) is 0 Å². The van der Waals surface area contributed by atoms with E-state index in [-0.39, 0.29) is 0 Å². The van der Waals surface area contributed by atoms with Crippen molar-refractivity contribution in [3.8, 4) is 0 Å². The molecular weight excluding hydrogens is 259 g/mol. The van der Waals surface area contributed by atoms with Crippen molar-refractivity contribution in [3.63, 3.8) is 0 Å². The van der Waals surface area contributed by atoms with Gasteiger partial charge < -0.3 is 30.3 Å². The molecule has 104 valence electrons. The summed E-state index contributed by atoms with van der Waals surface area (Å²) in [6.45, 7) is 0.439. The third-order valence-electron chi connectivity index (χ3n) is 1.87. The zero-order valence-corrected chi connectivity index (χ0v) is 9.92.